The molecule has 116 valence electrons. The van der Waals surface area contributed by atoms with E-state index in [2.05, 4.69) is 24.3 Å². The monoisotopic (exact) mass is 290 g/mol. The zero-order chi connectivity index (χ0) is 14.7. The van der Waals surface area contributed by atoms with Gasteiger partial charge in [0.15, 0.2) is 0 Å². The van der Waals surface area contributed by atoms with Crippen LogP contribution >= 0.6 is 0 Å². The van der Waals surface area contributed by atoms with Crippen LogP contribution in [0.4, 0.5) is 0 Å². The second-order valence-corrected chi connectivity index (χ2v) is 6.37. The van der Waals surface area contributed by atoms with Crippen molar-refractivity contribution in [2.45, 2.75) is 63.6 Å². The molecule has 1 heterocycles. The molecule has 2 fully saturated rings. The molecule has 0 N–H and O–H groups in total. The predicted octanol–water partition coefficient (Wildman–Crippen LogP) is 4.43. The second-order valence-electron chi connectivity index (χ2n) is 6.37. The zero-order valence-corrected chi connectivity index (χ0v) is 13.1. The summed E-state index contributed by atoms with van der Waals surface area (Å²) in [5, 5.41) is 0. The first-order chi connectivity index (χ1) is 10.2. The van der Waals surface area contributed by atoms with Gasteiger partial charge in [0.25, 0.3) is 5.97 Å². The third kappa shape index (κ3) is 3.47. The molecule has 0 radical (unpaired) electrons. The minimum atomic E-state index is -0.930. The van der Waals surface area contributed by atoms with E-state index in [-0.39, 0.29) is 12.2 Å². The first kappa shape index (κ1) is 15.0. The van der Waals surface area contributed by atoms with Gasteiger partial charge in [-0.3, -0.25) is 0 Å². The van der Waals surface area contributed by atoms with Gasteiger partial charge in [0, 0.05) is 20.5 Å². The van der Waals surface area contributed by atoms with Crippen LogP contribution in [0.1, 0.15) is 57.1 Å². The molecule has 0 spiro atoms. The molecular weight excluding hydrogens is 264 g/mol. The van der Waals surface area contributed by atoms with E-state index in [1.807, 2.05) is 13.0 Å². The fourth-order valence-corrected chi connectivity index (χ4v) is 3.63. The molecule has 0 amide bonds. The van der Waals surface area contributed by atoms with E-state index in [0.29, 0.717) is 5.92 Å². The van der Waals surface area contributed by atoms with Crippen molar-refractivity contribution in [1.29, 1.82) is 0 Å². The minimum absolute atomic E-state index is 0.0526. The maximum Gasteiger partial charge on any atom is 0.280 e. The van der Waals surface area contributed by atoms with Crippen molar-refractivity contribution in [3.05, 3.63) is 35.9 Å². The van der Waals surface area contributed by atoms with E-state index in [0.717, 1.165) is 6.42 Å². The highest BCUT2D eigenvalue weighted by atomic mass is 16.9. The Balaban J connectivity index is 1.78. The number of benzene rings is 1. The number of hydrogen-bond donors (Lipinski definition) is 0. The van der Waals surface area contributed by atoms with E-state index in [4.69, 9.17) is 14.2 Å². The van der Waals surface area contributed by atoms with Crippen LogP contribution in [0, 0.1) is 5.92 Å². The molecule has 3 nitrogen and oxygen atoms in total. The summed E-state index contributed by atoms with van der Waals surface area (Å²) >= 11 is 0. The van der Waals surface area contributed by atoms with E-state index >= 15 is 0 Å². The first-order valence-corrected chi connectivity index (χ1v) is 8.16. The largest absolute Gasteiger partial charge is 0.331 e. The average Bonchev–Trinajstić information content (AvgIpc) is 2.56. The normalized spacial score (nSPS) is 34.8. The summed E-state index contributed by atoms with van der Waals surface area (Å²) in [6, 6.07) is 10.4. The van der Waals surface area contributed by atoms with Crippen LogP contribution in [0.2, 0.25) is 0 Å². The lowest BCUT2D eigenvalue weighted by Crippen LogP contribution is -2.47. The lowest BCUT2D eigenvalue weighted by atomic mass is 9.82. The topological polar surface area (TPSA) is 27.7 Å². The van der Waals surface area contributed by atoms with Gasteiger partial charge in [-0.15, -0.1) is 0 Å². The standard InChI is InChI=1S/C18H26O3/c1-18(19-2)20-16(14-9-5-3-6-10-14)13-17(21-18)15-11-7-4-8-12-15/h3,5-6,9-10,15-17H,4,7-8,11-13H2,1-2H3/t16-,17+,18-/m0/s1. The molecule has 3 rings (SSSR count). The third-order valence-electron chi connectivity index (χ3n) is 4.89. The third-order valence-corrected chi connectivity index (χ3v) is 4.89. The highest BCUT2D eigenvalue weighted by Crippen LogP contribution is 2.42. The molecule has 0 unspecified atom stereocenters. The maximum absolute atomic E-state index is 6.17. The Hall–Kier alpha value is -0.900. The number of hydrogen-bond acceptors (Lipinski definition) is 3. The SMILES string of the molecule is CO[C@@]1(C)O[C@H](c2ccccc2)C[C@H](C2CCCCC2)O1. The molecule has 1 aromatic carbocycles. The van der Waals surface area contributed by atoms with Gasteiger partial charge in [0.1, 0.15) is 0 Å². The zero-order valence-electron chi connectivity index (χ0n) is 13.1. The van der Waals surface area contributed by atoms with Gasteiger partial charge in [0.05, 0.1) is 12.2 Å². The highest BCUT2D eigenvalue weighted by molar-refractivity contribution is 5.18. The molecule has 0 bridgehead atoms. The van der Waals surface area contributed by atoms with Crippen molar-refractivity contribution in [3.63, 3.8) is 0 Å². The quantitative estimate of drug-likeness (QED) is 0.824. The average molecular weight is 290 g/mol. The molecule has 1 saturated carbocycles. The minimum Gasteiger partial charge on any atom is -0.331 e. The summed E-state index contributed by atoms with van der Waals surface area (Å²) in [6.45, 7) is 1.89. The van der Waals surface area contributed by atoms with Crippen LogP contribution in [-0.2, 0) is 14.2 Å². The van der Waals surface area contributed by atoms with Crippen LogP contribution in [0.5, 0.6) is 0 Å². The van der Waals surface area contributed by atoms with Crippen molar-refractivity contribution >= 4 is 0 Å². The molecular formula is C18H26O3. The van der Waals surface area contributed by atoms with Crippen molar-refractivity contribution in [2.24, 2.45) is 5.92 Å². The fourth-order valence-electron chi connectivity index (χ4n) is 3.63. The van der Waals surface area contributed by atoms with Crippen molar-refractivity contribution < 1.29 is 14.2 Å². The Kier molecular flexibility index (Phi) is 4.63. The van der Waals surface area contributed by atoms with Crippen LogP contribution in [0.3, 0.4) is 0 Å². The Bertz CT molecular complexity index is 441. The van der Waals surface area contributed by atoms with Crippen LogP contribution < -0.4 is 0 Å². The molecule has 1 aromatic rings. The summed E-state index contributed by atoms with van der Waals surface area (Å²) in [7, 11) is 1.66. The smallest absolute Gasteiger partial charge is 0.280 e. The molecule has 3 heteroatoms. The van der Waals surface area contributed by atoms with Crippen LogP contribution in [0.15, 0.2) is 30.3 Å². The van der Waals surface area contributed by atoms with Gasteiger partial charge in [-0.25, -0.2) is 0 Å². The summed E-state index contributed by atoms with van der Waals surface area (Å²) < 4.78 is 17.8. The van der Waals surface area contributed by atoms with Crippen molar-refractivity contribution in [2.75, 3.05) is 7.11 Å². The Morgan fingerprint density at radius 3 is 2.43 bits per heavy atom. The summed E-state index contributed by atoms with van der Waals surface area (Å²) in [5.41, 5.74) is 1.21. The van der Waals surface area contributed by atoms with Gasteiger partial charge in [-0.05, 0) is 24.3 Å². The lowest BCUT2D eigenvalue weighted by molar-refractivity contribution is -0.422. The van der Waals surface area contributed by atoms with E-state index in [1.54, 1.807) is 7.11 Å². The van der Waals surface area contributed by atoms with Gasteiger partial charge in [0.2, 0.25) is 0 Å². The molecule has 21 heavy (non-hydrogen) atoms. The van der Waals surface area contributed by atoms with Gasteiger partial charge >= 0.3 is 0 Å². The predicted molar refractivity (Wildman–Crippen MR) is 81.7 cm³/mol. The van der Waals surface area contributed by atoms with Crippen LogP contribution in [-0.4, -0.2) is 19.2 Å². The molecule has 1 aliphatic heterocycles. The van der Waals surface area contributed by atoms with Gasteiger partial charge < -0.3 is 14.2 Å². The molecule has 0 aromatic heterocycles. The molecule has 1 saturated heterocycles. The highest BCUT2D eigenvalue weighted by Gasteiger charge is 2.42. The molecule has 2 aliphatic rings. The van der Waals surface area contributed by atoms with Crippen molar-refractivity contribution in [1.82, 2.24) is 0 Å². The number of methoxy groups -OCH3 is 1. The molecule has 1 aliphatic carbocycles. The van der Waals surface area contributed by atoms with E-state index in [1.165, 1.54) is 37.7 Å². The molecule has 3 atom stereocenters. The van der Waals surface area contributed by atoms with E-state index < -0.39 is 5.97 Å². The summed E-state index contributed by atoms with van der Waals surface area (Å²) in [6.07, 6.45) is 7.76. The fraction of sp³-hybridized carbons (Fsp3) is 0.667. The van der Waals surface area contributed by atoms with E-state index in [9.17, 15) is 0 Å². The van der Waals surface area contributed by atoms with Gasteiger partial charge in [-0.2, -0.15) is 0 Å². The number of ether oxygens (including phenoxy) is 3. The number of rotatable bonds is 3. The maximum atomic E-state index is 6.17. The van der Waals surface area contributed by atoms with Gasteiger partial charge in [-0.1, -0.05) is 49.6 Å². The summed E-state index contributed by atoms with van der Waals surface area (Å²) in [5.74, 6) is -0.288. The Morgan fingerprint density at radius 2 is 1.76 bits per heavy atom. The summed E-state index contributed by atoms with van der Waals surface area (Å²) in [4.78, 5) is 0. The first-order valence-electron chi connectivity index (χ1n) is 8.16. The van der Waals surface area contributed by atoms with Crippen molar-refractivity contribution in [3.8, 4) is 0 Å². The lowest BCUT2D eigenvalue weighted by Gasteiger charge is -2.44. The Morgan fingerprint density at radius 1 is 1.05 bits per heavy atom. The Labute approximate surface area is 127 Å². The second kappa shape index (κ2) is 6.47. The van der Waals surface area contributed by atoms with Crippen LogP contribution in [0.25, 0.3) is 0 Å².